The van der Waals surface area contributed by atoms with Crippen molar-refractivity contribution in [3.8, 4) is 5.75 Å². The lowest BCUT2D eigenvalue weighted by atomic mass is 9.68. The molecule has 1 saturated heterocycles. The first-order valence-electron chi connectivity index (χ1n) is 6.79. The van der Waals surface area contributed by atoms with Crippen molar-refractivity contribution in [1.29, 1.82) is 0 Å². The zero-order chi connectivity index (χ0) is 14.3. The Morgan fingerprint density at radius 2 is 1.80 bits per heavy atom. The van der Waals surface area contributed by atoms with Crippen LogP contribution in [0.4, 0.5) is 0 Å². The Hall–Kier alpha value is -0.415. The molecule has 2 aliphatic carbocycles. The number of hydrogen-bond acceptors (Lipinski definition) is 3. The Kier molecular flexibility index (Phi) is 2.56. The van der Waals surface area contributed by atoms with Crippen molar-refractivity contribution in [2.24, 2.45) is 11.8 Å². The fourth-order valence-corrected chi connectivity index (χ4v) is 4.45. The van der Waals surface area contributed by atoms with Crippen LogP contribution in [0.3, 0.4) is 0 Å². The molecule has 4 rings (SSSR count). The van der Waals surface area contributed by atoms with Crippen molar-refractivity contribution in [2.45, 2.75) is 31.5 Å². The van der Waals surface area contributed by atoms with Gasteiger partial charge in [0.05, 0.1) is 23.3 Å². The van der Waals surface area contributed by atoms with Crippen LogP contribution in [0, 0.1) is 11.8 Å². The van der Waals surface area contributed by atoms with E-state index in [1.165, 1.54) is 6.42 Å². The third-order valence-corrected chi connectivity index (χ3v) is 6.02. The summed E-state index contributed by atoms with van der Waals surface area (Å²) in [5.74, 6) is 1.79. The van der Waals surface area contributed by atoms with Crippen LogP contribution >= 0.6 is 23.2 Å². The molecule has 3 nitrogen and oxygen atoms in total. The largest absolute Gasteiger partial charge is 0.496 e. The fraction of sp³-hybridized carbons (Fsp3) is 0.571. The summed E-state index contributed by atoms with van der Waals surface area (Å²) in [5, 5.41) is 1.07. The van der Waals surface area contributed by atoms with Crippen LogP contribution < -0.4 is 10.2 Å². The summed E-state index contributed by atoms with van der Waals surface area (Å²) in [6, 6.07) is 3.48. The molecule has 0 aromatic heterocycles. The van der Waals surface area contributed by atoms with Crippen LogP contribution in [-0.4, -0.2) is 25.4 Å². The predicted molar refractivity (Wildman–Crippen MR) is 79.0 cm³/mol. The molecule has 6 heteroatoms. The topological polar surface area (TPSA) is 27.7 Å². The maximum Gasteiger partial charge on any atom is 0.496 e. The van der Waals surface area contributed by atoms with E-state index in [4.69, 9.17) is 37.2 Å². The van der Waals surface area contributed by atoms with Crippen molar-refractivity contribution >= 4 is 35.8 Å². The van der Waals surface area contributed by atoms with Gasteiger partial charge >= 0.3 is 7.12 Å². The van der Waals surface area contributed by atoms with Gasteiger partial charge in [0.2, 0.25) is 0 Å². The van der Waals surface area contributed by atoms with Gasteiger partial charge in [-0.2, -0.15) is 0 Å². The van der Waals surface area contributed by atoms with E-state index < -0.39 is 7.12 Å². The summed E-state index contributed by atoms with van der Waals surface area (Å²) in [6.07, 6.45) is 1.20. The van der Waals surface area contributed by atoms with E-state index in [9.17, 15) is 0 Å². The van der Waals surface area contributed by atoms with Crippen molar-refractivity contribution in [3.05, 3.63) is 22.2 Å². The summed E-state index contributed by atoms with van der Waals surface area (Å²) in [5.41, 5.74) is 0.329. The predicted octanol–water partition coefficient (Wildman–Crippen LogP) is 2.91. The number of hydrogen-bond donors (Lipinski definition) is 0. The molecule has 2 saturated carbocycles. The Bertz CT molecular complexity index is 588. The van der Waals surface area contributed by atoms with Gasteiger partial charge in [-0.05, 0) is 38.2 Å². The zero-order valence-corrected chi connectivity index (χ0v) is 13.1. The van der Waals surface area contributed by atoms with Crippen molar-refractivity contribution in [1.82, 2.24) is 0 Å². The molecule has 0 spiro atoms. The lowest BCUT2D eigenvalue weighted by Crippen LogP contribution is -2.59. The van der Waals surface area contributed by atoms with Crippen LogP contribution in [0.2, 0.25) is 10.0 Å². The quantitative estimate of drug-likeness (QED) is 0.786. The highest BCUT2D eigenvalue weighted by Crippen LogP contribution is 2.73. The Morgan fingerprint density at radius 1 is 1.20 bits per heavy atom. The van der Waals surface area contributed by atoms with E-state index in [2.05, 4.69) is 13.8 Å². The second kappa shape index (κ2) is 3.86. The molecule has 3 fully saturated rings. The van der Waals surface area contributed by atoms with Gasteiger partial charge < -0.3 is 14.0 Å². The average Bonchev–Trinajstić information content (AvgIpc) is 3.15. The van der Waals surface area contributed by atoms with E-state index in [1.54, 1.807) is 19.2 Å². The van der Waals surface area contributed by atoms with Crippen LogP contribution in [0.25, 0.3) is 0 Å². The van der Waals surface area contributed by atoms with Crippen molar-refractivity contribution in [2.75, 3.05) is 7.11 Å². The molecule has 0 amide bonds. The lowest BCUT2D eigenvalue weighted by molar-refractivity contribution is -0.121. The number of ether oxygens (including phenoxy) is 1. The number of methoxy groups -OCH3 is 1. The summed E-state index contributed by atoms with van der Waals surface area (Å²) in [7, 11) is 1.09. The molecule has 0 N–H and O–H groups in total. The minimum Gasteiger partial charge on any atom is -0.495 e. The van der Waals surface area contributed by atoms with Crippen LogP contribution in [0.15, 0.2) is 12.1 Å². The molecule has 0 bridgehead atoms. The Labute approximate surface area is 128 Å². The smallest absolute Gasteiger partial charge is 0.495 e. The molecule has 3 aliphatic rings. The third-order valence-electron chi connectivity index (χ3n) is 5.40. The number of fused-ring (bicyclic) bond motifs is 4. The summed E-state index contributed by atoms with van der Waals surface area (Å²) < 4.78 is 17.7. The van der Waals surface area contributed by atoms with Gasteiger partial charge in [0.25, 0.3) is 0 Å². The van der Waals surface area contributed by atoms with Gasteiger partial charge in [-0.25, -0.2) is 0 Å². The minimum atomic E-state index is -0.474. The Morgan fingerprint density at radius 3 is 2.35 bits per heavy atom. The normalized spacial score (nSPS) is 41.0. The van der Waals surface area contributed by atoms with E-state index in [1.807, 2.05) is 0 Å². The molecule has 20 heavy (non-hydrogen) atoms. The molecular weight excluding hydrogens is 298 g/mol. The first kappa shape index (κ1) is 13.3. The maximum absolute atomic E-state index is 6.37. The number of benzene rings is 1. The molecule has 1 aromatic rings. The van der Waals surface area contributed by atoms with Gasteiger partial charge in [0, 0.05) is 16.6 Å². The lowest BCUT2D eigenvalue weighted by Gasteiger charge is -2.48. The second-order valence-electron chi connectivity index (χ2n) is 6.24. The number of rotatable bonds is 2. The SMILES string of the molecule is COc1cc(Cl)cc(B2OC3(C)C4C[C@H]4C3(C)O2)c1Cl. The van der Waals surface area contributed by atoms with Crippen molar-refractivity contribution in [3.63, 3.8) is 0 Å². The van der Waals surface area contributed by atoms with E-state index in [0.717, 1.165) is 5.46 Å². The fourth-order valence-electron chi connectivity index (χ4n) is 3.96. The highest BCUT2D eigenvalue weighted by Gasteiger charge is 2.81. The molecule has 106 valence electrons. The van der Waals surface area contributed by atoms with Gasteiger partial charge in [0.1, 0.15) is 5.75 Å². The highest BCUT2D eigenvalue weighted by atomic mass is 35.5. The van der Waals surface area contributed by atoms with Crippen LogP contribution in [0.1, 0.15) is 20.3 Å². The zero-order valence-electron chi connectivity index (χ0n) is 11.6. The average molecular weight is 313 g/mol. The number of halogens is 2. The highest BCUT2D eigenvalue weighted by molar-refractivity contribution is 6.66. The van der Waals surface area contributed by atoms with E-state index in [-0.39, 0.29) is 11.2 Å². The first-order valence-corrected chi connectivity index (χ1v) is 7.55. The Balaban J connectivity index is 1.72. The van der Waals surface area contributed by atoms with Crippen LogP contribution in [0.5, 0.6) is 5.75 Å². The summed E-state index contributed by atoms with van der Waals surface area (Å²) >= 11 is 12.5. The van der Waals surface area contributed by atoms with Crippen molar-refractivity contribution < 1.29 is 14.0 Å². The summed E-state index contributed by atoms with van der Waals surface area (Å²) in [4.78, 5) is 0. The standard InChI is InChI=1S/C14H15BCl2O3/c1-13-8-6-9(8)14(13,2)20-15(19-13)10-4-7(16)5-11(18-3)12(10)17/h4-5,8-9H,6H2,1-3H3/t8-,9?,13?,14?/m1/s1. The molecule has 0 radical (unpaired) electrons. The molecule has 1 aliphatic heterocycles. The third kappa shape index (κ3) is 1.41. The van der Waals surface area contributed by atoms with E-state index >= 15 is 0 Å². The van der Waals surface area contributed by atoms with Gasteiger partial charge in [-0.15, -0.1) is 0 Å². The summed E-state index contributed by atoms with van der Waals surface area (Å²) in [6.45, 7) is 4.27. The monoisotopic (exact) mass is 312 g/mol. The molecule has 4 atom stereocenters. The minimum absolute atomic E-state index is 0.207. The second-order valence-corrected chi connectivity index (χ2v) is 7.06. The maximum atomic E-state index is 6.37. The first-order chi connectivity index (χ1) is 9.40. The van der Waals surface area contributed by atoms with E-state index in [0.29, 0.717) is 27.6 Å². The van der Waals surface area contributed by atoms with Gasteiger partial charge in [0.15, 0.2) is 0 Å². The van der Waals surface area contributed by atoms with Gasteiger partial charge in [-0.3, -0.25) is 0 Å². The van der Waals surface area contributed by atoms with Crippen LogP contribution in [-0.2, 0) is 9.31 Å². The molecular formula is C14H15BCl2O3. The molecule has 3 unspecified atom stereocenters. The molecule has 1 aromatic carbocycles. The molecule has 1 heterocycles. The van der Waals surface area contributed by atoms with Gasteiger partial charge in [-0.1, -0.05) is 23.2 Å².